The number of rotatable bonds is 4. The van der Waals surface area contributed by atoms with Crippen LogP contribution in [0.25, 0.3) is 0 Å². The van der Waals surface area contributed by atoms with Gasteiger partial charge in [-0.3, -0.25) is 0 Å². The van der Waals surface area contributed by atoms with Gasteiger partial charge in [-0.1, -0.05) is 0 Å². The number of anilines is 2. The number of carbonyl (C=O) groups excluding carboxylic acids is 1. The minimum Gasteiger partial charge on any atom is -0.399 e. The van der Waals surface area contributed by atoms with Crippen molar-refractivity contribution in [3.63, 3.8) is 0 Å². The minimum atomic E-state index is -3.24. The summed E-state index contributed by atoms with van der Waals surface area (Å²) < 4.78 is 21.9. The predicted molar refractivity (Wildman–Crippen MR) is 76.8 cm³/mol. The smallest absolute Gasteiger partial charge is 0.319 e. The SMILES string of the molecule is CC(C)(CNC(=O)Nc1ccc(N)cc1)S(C)(=O)=O. The second-order valence-electron chi connectivity index (χ2n) is 4.96. The van der Waals surface area contributed by atoms with Crippen LogP contribution in [-0.4, -0.2) is 32.0 Å². The van der Waals surface area contributed by atoms with Gasteiger partial charge in [-0.25, -0.2) is 13.2 Å². The number of nitrogens with one attached hydrogen (secondary N) is 2. The molecular formula is C12H19N3O3S. The first-order valence-electron chi connectivity index (χ1n) is 5.72. The van der Waals surface area contributed by atoms with Crippen LogP contribution in [0.5, 0.6) is 0 Å². The predicted octanol–water partition coefficient (Wildman–Crippen LogP) is 1.21. The maximum absolute atomic E-state index is 11.6. The van der Waals surface area contributed by atoms with Crippen LogP contribution in [-0.2, 0) is 9.84 Å². The van der Waals surface area contributed by atoms with E-state index in [-0.39, 0.29) is 6.54 Å². The van der Waals surface area contributed by atoms with Crippen molar-refractivity contribution in [3.8, 4) is 0 Å². The molecule has 0 aliphatic heterocycles. The Morgan fingerprint density at radius 1 is 1.26 bits per heavy atom. The molecule has 0 radical (unpaired) electrons. The lowest BCUT2D eigenvalue weighted by Crippen LogP contribution is -2.45. The van der Waals surface area contributed by atoms with Crippen LogP contribution in [0.1, 0.15) is 13.8 Å². The van der Waals surface area contributed by atoms with Crippen LogP contribution in [0.15, 0.2) is 24.3 Å². The van der Waals surface area contributed by atoms with Crippen molar-refractivity contribution in [1.82, 2.24) is 5.32 Å². The van der Waals surface area contributed by atoms with Gasteiger partial charge >= 0.3 is 6.03 Å². The number of hydrogen-bond acceptors (Lipinski definition) is 4. The molecule has 0 bridgehead atoms. The molecule has 0 heterocycles. The van der Waals surface area contributed by atoms with E-state index < -0.39 is 20.6 Å². The molecule has 0 atom stereocenters. The zero-order valence-electron chi connectivity index (χ0n) is 11.2. The van der Waals surface area contributed by atoms with Gasteiger partial charge < -0.3 is 16.4 Å². The summed E-state index contributed by atoms with van der Waals surface area (Å²) in [6.07, 6.45) is 1.15. The zero-order valence-corrected chi connectivity index (χ0v) is 12.0. The van der Waals surface area contributed by atoms with Crippen molar-refractivity contribution in [1.29, 1.82) is 0 Å². The third kappa shape index (κ3) is 4.44. The van der Waals surface area contributed by atoms with Gasteiger partial charge in [0.2, 0.25) is 0 Å². The van der Waals surface area contributed by atoms with Gasteiger partial charge in [0.15, 0.2) is 9.84 Å². The molecular weight excluding hydrogens is 266 g/mol. The number of benzene rings is 1. The van der Waals surface area contributed by atoms with E-state index in [9.17, 15) is 13.2 Å². The monoisotopic (exact) mass is 285 g/mol. The lowest BCUT2D eigenvalue weighted by molar-refractivity contribution is 0.251. The van der Waals surface area contributed by atoms with E-state index >= 15 is 0 Å². The average Bonchev–Trinajstić information content (AvgIpc) is 2.28. The van der Waals surface area contributed by atoms with E-state index in [1.807, 2.05) is 0 Å². The van der Waals surface area contributed by atoms with Gasteiger partial charge in [-0.2, -0.15) is 0 Å². The van der Waals surface area contributed by atoms with Crippen molar-refractivity contribution >= 4 is 27.2 Å². The van der Waals surface area contributed by atoms with Crippen LogP contribution in [0.4, 0.5) is 16.2 Å². The van der Waals surface area contributed by atoms with E-state index in [2.05, 4.69) is 10.6 Å². The minimum absolute atomic E-state index is 0.0344. The largest absolute Gasteiger partial charge is 0.399 e. The summed E-state index contributed by atoms with van der Waals surface area (Å²) in [5.41, 5.74) is 6.71. The Labute approximate surface area is 113 Å². The second-order valence-corrected chi connectivity index (χ2v) is 7.61. The van der Waals surface area contributed by atoms with Crippen LogP contribution < -0.4 is 16.4 Å². The third-order valence-corrected chi connectivity index (χ3v) is 5.00. The summed E-state index contributed by atoms with van der Waals surface area (Å²) in [7, 11) is -3.24. The molecule has 4 N–H and O–H groups in total. The molecule has 1 aromatic carbocycles. The van der Waals surface area contributed by atoms with Crippen molar-refractivity contribution in [3.05, 3.63) is 24.3 Å². The first-order chi connectivity index (χ1) is 8.62. The lowest BCUT2D eigenvalue weighted by Gasteiger charge is -2.22. The molecule has 2 amide bonds. The molecule has 0 aromatic heterocycles. The molecule has 0 aliphatic carbocycles. The molecule has 0 spiro atoms. The van der Waals surface area contributed by atoms with Gasteiger partial charge in [0, 0.05) is 24.2 Å². The summed E-state index contributed by atoms with van der Waals surface area (Å²) in [6, 6.07) is 6.20. The molecule has 7 heteroatoms. The van der Waals surface area contributed by atoms with E-state index in [0.29, 0.717) is 11.4 Å². The first kappa shape index (κ1) is 15.3. The Balaban J connectivity index is 2.55. The van der Waals surface area contributed by atoms with E-state index in [4.69, 9.17) is 5.73 Å². The summed E-state index contributed by atoms with van der Waals surface area (Å²) in [5, 5.41) is 5.12. The molecule has 1 aromatic rings. The number of nitrogens with two attached hydrogens (primary N) is 1. The van der Waals surface area contributed by atoms with E-state index in [1.165, 1.54) is 0 Å². The van der Waals surface area contributed by atoms with Crippen LogP contribution >= 0.6 is 0 Å². The topological polar surface area (TPSA) is 101 Å². The highest BCUT2D eigenvalue weighted by atomic mass is 32.2. The molecule has 0 fully saturated rings. The van der Waals surface area contributed by atoms with Crippen molar-refractivity contribution in [2.45, 2.75) is 18.6 Å². The number of amides is 2. The summed E-state index contributed by atoms with van der Waals surface area (Å²) in [4.78, 5) is 11.6. The molecule has 0 saturated heterocycles. The fraction of sp³-hybridized carbons (Fsp3) is 0.417. The Morgan fingerprint density at radius 3 is 2.26 bits per heavy atom. The van der Waals surface area contributed by atoms with Crippen molar-refractivity contribution in [2.75, 3.05) is 23.9 Å². The Morgan fingerprint density at radius 2 is 1.79 bits per heavy atom. The second kappa shape index (κ2) is 5.48. The fourth-order valence-corrected chi connectivity index (χ4v) is 1.50. The number of carbonyl (C=O) groups is 1. The normalized spacial score (nSPS) is 11.9. The van der Waals surface area contributed by atoms with Gasteiger partial charge in [0.05, 0.1) is 4.75 Å². The number of sulfone groups is 1. The highest BCUT2D eigenvalue weighted by Crippen LogP contribution is 2.14. The van der Waals surface area contributed by atoms with Crippen molar-refractivity contribution < 1.29 is 13.2 Å². The van der Waals surface area contributed by atoms with E-state index in [1.54, 1.807) is 38.1 Å². The standard InChI is InChI=1S/C12H19N3O3S/c1-12(2,19(3,17)18)8-14-11(16)15-10-6-4-9(13)5-7-10/h4-7H,8,13H2,1-3H3,(H2,14,15,16). The van der Waals surface area contributed by atoms with Gasteiger partial charge in [-0.15, -0.1) is 0 Å². The maximum atomic E-state index is 11.6. The molecule has 0 unspecified atom stereocenters. The summed E-state index contributed by atoms with van der Waals surface area (Å²) in [6.45, 7) is 3.16. The third-order valence-electron chi connectivity index (χ3n) is 2.85. The first-order valence-corrected chi connectivity index (χ1v) is 7.61. The van der Waals surface area contributed by atoms with Gasteiger partial charge in [0.25, 0.3) is 0 Å². The summed E-state index contributed by atoms with van der Waals surface area (Å²) in [5.74, 6) is 0. The van der Waals surface area contributed by atoms with Gasteiger partial charge in [-0.05, 0) is 38.1 Å². The zero-order chi connectivity index (χ0) is 14.7. The quantitative estimate of drug-likeness (QED) is 0.724. The number of hydrogen-bond donors (Lipinski definition) is 3. The lowest BCUT2D eigenvalue weighted by atomic mass is 10.2. The Hall–Kier alpha value is -1.76. The maximum Gasteiger partial charge on any atom is 0.319 e. The molecule has 1 rings (SSSR count). The Kier molecular flexibility index (Phi) is 4.41. The molecule has 6 nitrogen and oxygen atoms in total. The number of nitrogen functional groups attached to an aromatic ring is 1. The van der Waals surface area contributed by atoms with Crippen LogP contribution in [0.3, 0.4) is 0 Å². The van der Waals surface area contributed by atoms with Crippen LogP contribution in [0, 0.1) is 0 Å². The highest BCUT2D eigenvalue weighted by Gasteiger charge is 2.30. The summed E-state index contributed by atoms with van der Waals surface area (Å²) >= 11 is 0. The fourth-order valence-electron chi connectivity index (χ4n) is 1.17. The highest BCUT2D eigenvalue weighted by molar-refractivity contribution is 7.92. The molecule has 0 aliphatic rings. The Bertz CT molecular complexity index is 550. The van der Waals surface area contributed by atoms with E-state index in [0.717, 1.165) is 6.26 Å². The number of urea groups is 1. The van der Waals surface area contributed by atoms with Crippen LogP contribution in [0.2, 0.25) is 0 Å². The molecule has 0 saturated carbocycles. The average molecular weight is 285 g/mol. The van der Waals surface area contributed by atoms with Gasteiger partial charge in [0.1, 0.15) is 0 Å². The molecule has 19 heavy (non-hydrogen) atoms. The van der Waals surface area contributed by atoms with Crippen molar-refractivity contribution in [2.24, 2.45) is 0 Å². The molecule has 106 valence electrons.